The number of amides is 2. The molecule has 0 heterocycles. The summed E-state index contributed by atoms with van der Waals surface area (Å²) in [4.78, 5) is 26.1. The van der Waals surface area contributed by atoms with Crippen LogP contribution in [0.15, 0.2) is 42.5 Å². The minimum absolute atomic E-state index is 0.208. The second kappa shape index (κ2) is 14.5. The number of nitrogens with one attached hydrogen (secondary N) is 1. The minimum Gasteiger partial charge on any atom is -0.493 e. The molecule has 2 amide bonds. The maximum absolute atomic E-state index is 13.2. The van der Waals surface area contributed by atoms with Crippen molar-refractivity contribution in [3.8, 4) is 11.5 Å². The summed E-state index contributed by atoms with van der Waals surface area (Å²) in [5.41, 5.74) is 2.58. The van der Waals surface area contributed by atoms with Crippen molar-refractivity contribution >= 4 is 12.0 Å². The van der Waals surface area contributed by atoms with Crippen molar-refractivity contribution in [3.05, 3.63) is 59.2 Å². The zero-order chi connectivity index (χ0) is 28.3. The van der Waals surface area contributed by atoms with E-state index in [1.54, 1.807) is 19.1 Å². The van der Waals surface area contributed by atoms with Gasteiger partial charge in [-0.25, -0.2) is 9.59 Å². The van der Waals surface area contributed by atoms with Crippen LogP contribution in [-0.2, 0) is 11.2 Å². The molecule has 2 rings (SSSR count). The molecule has 38 heavy (non-hydrogen) atoms. The molecule has 2 aromatic carbocycles. The number of carboxylic acid groups (broad SMARTS) is 1. The largest absolute Gasteiger partial charge is 0.493 e. The molecule has 0 aliphatic rings. The quantitative estimate of drug-likeness (QED) is 0.276. The molecule has 210 valence electrons. The highest BCUT2D eigenvalue weighted by molar-refractivity contribution is 5.83. The maximum Gasteiger partial charge on any atom is 0.391 e. The topological polar surface area (TPSA) is 88.1 Å². The van der Waals surface area contributed by atoms with Gasteiger partial charge in [0, 0.05) is 12.1 Å². The highest BCUT2D eigenvalue weighted by Gasteiger charge is 2.37. The fraction of sp³-hybridized carbons (Fsp3) is 0.500. The third-order valence-corrected chi connectivity index (χ3v) is 6.13. The Morgan fingerprint density at radius 2 is 1.61 bits per heavy atom. The van der Waals surface area contributed by atoms with Crippen molar-refractivity contribution in [2.45, 2.75) is 71.6 Å². The summed E-state index contributed by atoms with van der Waals surface area (Å²) < 4.78 is 50.4. The Morgan fingerprint density at radius 1 is 1.03 bits per heavy atom. The summed E-state index contributed by atoms with van der Waals surface area (Å²) in [5.74, 6) is -0.601. The van der Waals surface area contributed by atoms with Gasteiger partial charge >= 0.3 is 18.2 Å². The first-order chi connectivity index (χ1) is 18.0. The summed E-state index contributed by atoms with van der Waals surface area (Å²) in [6, 6.07) is 9.76. The van der Waals surface area contributed by atoms with E-state index in [0.717, 1.165) is 24.0 Å². The Hall–Kier alpha value is -3.43. The van der Waals surface area contributed by atoms with E-state index >= 15 is 0 Å². The summed E-state index contributed by atoms with van der Waals surface area (Å²) in [5, 5.41) is 11.4. The standard InChI is InChI=1S/C28H37F3N2O5/c1-5-37-24-16-22(17-25(19(24)3)38-6-2)20(4)33(15-11-10-14-21-12-8-7-9-13-21)27(36)32-23(26(34)35)18-28(29,30)31/h7-9,12-13,16-17,20,23H,5-6,10-11,14-15,18H2,1-4H3,(H,32,36)(H,34,35)/t20-,23?/m1/s1. The lowest BCUT2D eigenvalue weighted by molar-refractivity contribution is -0.157. The fourth-order valence-corrected chi connectivity index (χ4v) is 4.10. The Kier molecular flexibility index (Phi) is 11.7. The first-order valence-corrected chi connectivity index (χ1v) is 12.8. The number of alkyl halides is 3. The number of hydrogen-bond acceptors (Lipinski definition) is 4. The molecule has 0 aliphatic carbocycles. The molecule has 0 radical (unpaired) electrons. The van der Waals surface area contributed by atoms with E-state index in [1.165, 1.54) is 4.90 Å². The number of unbranched alkanes of at least 4 members (excludes halogenated alkanes) is 1. The zero-order valence-electron chi connectivity index (χ0n) is 22.3. The monoisotopic (exact) mass is 538 g/mol. The van der Waals surface area contributed by atoms with Gasteiger partial charge in [0.05, 0.1) is 25.7 Å². The average molecular weight is 539 g/mol. The normalized spacial score (nSPS) is 12.9. The Labute approximate surface area is 221 Å². The highest BCUT2D eigenvalue weighted by atomic mass is 19.4. The van der Waals surface area contributed by atoms with Crippen LogP contribution >= 0.6 is 0 Å². The van der Waals surface area contributed by atoms with Gasteiger partial charge in [0.2, 0.25) is 0 Å². The van der Waals surface area contributed by atoms with Gasteiger partial charge in [0.1, 0.15) is 17.5 Å². The van der Waals surface area contributed by atoms with Crippen molar-refractivity contribution in [1.29, 1.82) is 0 Å². The first kappa shape index (κ1) is 30.8. The van der Waals surface area contributed by atoms with Crippen LogP contribution in [0.5, 0.6) is 11.5 Å². The lowest BCUT2D eigenvalue weighted by atomic mass is 10.0. The van der Waals surface area contributed by atoms with Crippen molar-refractivity contribution < 1.29 is 37.3 Å². The number of carbonyl (C=O) groups is 2. The number of benzene rings is 2. The molecule has 10 heteroatoms. The number of carbonyl (C=O) groups excluding carboxylic acids is 1. The van der Waals surface area contributed by atoms with E-state index in [9.17, 15) is 27.9 Å². The number of urea groups is 1. The molecule has 1 unspecified atom stereocenters. The molecule has 0 aliphatic heterocycles. The third kappa shape index (κ3) is 9.46. The molecule has 2 aromatic rings. The number of ether oxygens (including phenoxy) is 2. The van der Waals surface area contributed by atoms with Gasteiger partial charge < -0.3 is 24.8 Å². The van der Waals surface area contributed by atoms with E-state index in [-0.39, 0.29) is 6.54 Å². The minimum atomic E-state index is -4.75. The lowest BCUT2D eigenvalue weighted by Crippen LogP contribution is -2.50. The Morgan fingerprint density at radius 3 is 2.11 bits per heavy atom. The van der Waals surface area contributed by atoms with Gasteiger partial charge in [-0.15, -0.1) is 0 Å². The lowest BCUT2D eigenvalue weighted by Gasteiger charge is -2.32. The number of rotatable bonds is 14. The summed E-state index contributed by atoms with van der Waals surface area (Å²) in [7, 11) is 0. The van der Waals surface area contributed by atoms with Crippen molar-refractivity contribution in [1.82, 2.24) is 10.2 Å². The molecule has 0 spiro atoms. The first-order valence-electron chi connectivity index (χ1n) is 12.8. The second-order valence-corrected chi connectivity index (χ2v) is 8.98. The molecule has 7 nitrogen and oxygen atoms in total. The SMILES string of the molecule is CCOc1cc([C@@H](C)N(CCCCc2ccccc2)C(=O)NC(CC(F)(F)F)C(=O)O)cc(OCC)c1C. The molecule has 0 aromatic heterocycles. The highest BCUT2D eigenvalue weighted by Crippen LogP contribution is 2.34. The number of halogens is 3. The maximum atomic E-state index is 13.2. The number of aryl methyl sites for hydroxylation is 1. The molecule has 0 bridgehead atoms. The van der Waals surface area contributed by atoms with E-state index in [4.69, 9.17) is 9.47 Å². The summed E-state index contributed by atoms with van der Waals surface area (Å²) in [6.45, 7) is 8.31. The van der Waals surface area contributed by atoms with Crippen LogP contribution < -0.4 is 14.8 Å². The van der Waals surface area contributed by atoms with Gasteiger partial charge in [-0.3, -0.25) is 0 Å². The molecule has 0 fully saturated rings. The molecule has 2 atom stereocenters. The van der Waals surface area contributed by atoms with E-state index in [2.05, 4.69) is 5.32 Å². The molecular formula is C28H37F3N2O5. The summed E-state index contributed by atoms with van der Waals surface area (Å²) >= 11 is 0. The summed E-state index contributed by atoms with van der Waals surface area (Å²) in [6.07, 6.45) is -4.36. The number of hydrogen-bond donors (Lipinski definition) is 2. The van der Waals surface area contributed by atoms with E-state index < -0.39 is 36.7 Å². The van der Waals surface area contributed by atoms with E-state index in [1.807, 2.05) is 51.1 Å². The molecule has 0 saturated carbocycles. The van der Waals surface area contributed by atoms with Gasteiger partial charge in [0.25, 0.3) is 0 Å². The zero-order valence-corrected chi connectivity index (χ0v) is 22.3. The van der Waals surface area contributed by atoms with Crippen LogP contribution in [0.4, 0.5) is 18.0 Å². The van der Waals surface area contributed by atoms with Crippen LogP contribution in [0.1, 0.15) is 62.8 Å². The van der Waals surface area contributed by atoms with Crippen molar-refractivity contribution in [3.63, 3.8) is 0 Å². The molecular weight excluding hydrogens is 501 g/mol. The smallest absolute Gasteiger partial charge is 0.391 e. The van der Waals surface area contributed by atoms with Crippen LogP contribution in [0.25, 0.3) is 0 Å². The van der Waals surface area contributed by atoms with Crippen LogP contribution in [-0.4, -0.2) is 54.0 Å². The van der Waals surface area contributed by atoms with Crippen LogP contribution in [0.3, 0.4) is 0 Å². The number of carboxylic acids is 1. The Bertz CT molecular complexity index is 1020. The predicted molar refractivity (Wildman–Crippen MR) is 139 cm³/mol. The van der Waals surface area contributed by atoms with Gasteiger partial charge in [0.15, 0.2) is 0 Å². The van der Waals surface area contributed by atoms with E-state index in [0.29, 0.717) is 36.7 Å². The second-order valence-electron chi connectivity index (χ2n) is 8.98. The van der Waals surface area contributed by atoms with Gasteiger partial charge in [-0.05, 0) is 70.2 Å². The fourth-order valence-electron chi connectivity index (χ4n) is 4.10. The van der Waals surface area contributed by atoms with Crippen molar-refractivity contribution in [2.75, 3.05) is 19.8 Å². The average Bonchev–Trinajstić information content (AvgIpc) is 2.85. The molecule has 2 N–H and O–H groups in total. The van der Waals surface area contributed by atoms with Gasteiger partial charge in [-0.1, -0.05) is 30.3 Å². The third-order valence-electron chi connectivity index (χ3n) is 6.13. The predicted octanol–water partition coefficient (Wildman–Crippen LogP) is 6.29. The number of nitrogens with zero attached hydrogens (tertiary/aromatic N) is 1. The number of aliphatic carboxylic acids is 1. The van der Waals surface area contributed by atoms with Crippen molar-refractivity contribution in [2.24, 2.45) is 0 Å². The van der Waals surface area contributed by atoms with Crippen LogP contribution in [0, 0.1) is 6.92 Å². The Balaban J connectivity index is 2.32. The molecule has 0 saturated heterocycles. The van der Waals surface area contributed by atoms with Crippen LogP contribution in [0.2, 0.25) is 0 Å². The van der Waals surface area contributed by atoms with Gasteiger partial charge in [-0.2, -0.15) is 13.2 Å².